The van der Waals surface area contributed by atoms with E-state index in [2.05, 4.69) is 11.1 Å². The minimum Gasteiger partial charge on any atom is -0.243 e. The predicted octanol–water partition coefficient (Wildman–Crippen LogP) is 2.48. The molecule has 0 spiro atoms. The summed E-state index contributed by atoms with van der Waals surface area (Å²) in [6.07, 6.45) is 4.01. The smallest absolute Gasteiger partial charge is 0.147 e. The van der Waals surface area contributed by atoms with Gasteiger partial charge in [0.15, 0.2) is 0 Å². The van der Waals surface area contributed by atoms with E-state index < -0.39 is 0 Å². The Labute approximate surface area is 75.8 Å². The summed E-state index contributed by atoms with van der Waals surface area (Å²) in [6, 6.07) is 3.98. The second kappa shape index (κ2) is 2.76. The number of aromatic nitrogens is 1. The van der Waals surface area contributed by atoms with E-state index in [9.17, 15) is 0 Å². The minimum absolute atomic E-state index is 0.335. The van der Waals surface area contributed by atoms with Gasteiger partial charge in [0.2, 0.25) is 0 Å². The first-order valence-corrected chi connectivity index (χ1v) is 4.25. The summed E-state index contributed by atoms with van der Waals surface area (Å²) in [5.74, 6) is 0.556. The molecule has 2 nitrogen and oxygen atoms in total. The zero-order chi connectivity index (χ0) is 8.55. The molecule has 2 rings (SSSR count). The van der Waals surface area contributed by atoms with Crippen molar-refractivity contribution in [3.05, 3.63) is 28.5 Å². The number of pyridine rings is 1. The Morgan fingerprint density at radius 1 is 1.58 bits per heavy atom. The highest BCUT2D eigenvalue weighted by Gasteiger charge is 2.27. The van der Waals surface area contributed by atoms with Crippen molar-refractivity contribution in [3.8, 4) is 6.07 Å². The molecule has 1 aromatic heterocycles. The number of hydrogen-bond acceptors (Lipinski definition) is 2. The van der Waals surface area contributed by atoms with Crippen LogP contribution in [0.25, 0.3) is 0 Å². The Balaban J connectivity index is 2.53. The zero-order valence-electron chi connectivity index (χ0n) is 6.42. The number of hydrogen-bond donors (Lipinski definition) is 0. The zero-order valence-corrected chi connectivity index (χ0v) is 7.17. The van der Waals surface area contributed by atoms with Gasteiger partial charge >= 0.3 is 0 Å². The Morgan fingerprint density at radius 2 is 2.33 bits per heavy atom. The van der Waals surface area contributed by atoms with Crippen molar-refractivity contribution < 1.29 is 0 Å². The lowest BCUT2D eigenvalue weighted by Gasteiger charge is -2.00. The van der Waals surface area contributed by atoms with Crippen LogP contribution < -0.4 is 0 Å². The van der Waals surface area contributed by atoms with Gasteiger partial charge in [-0.15, -0.1) is 0 Å². The average molecular weight is 179 g/mol. The molecule has 0 unspecified atom stereocenters. The largest absolute Gasteiger partial charge is 0.243 e. The van der Waals surface area contributed by atoms with E-state index >= 15 is 0 Å². The third kappa shape index (κ3) is 1.17. The van der Waals surface area contributed by atoms with E-state index in [1.807, 2.05) is 6.07 Å². The molecule has 3 heteroatoms. The maximum absolute atomic E-state index is 8.80. The SMILES string of the molecule is N#Cc1c(C2CC2)ccnc1Cl. The highest BCUT2D eigenvalue weighted by Crippen LogP contribution is 2.42. The van der Waals surface area contributed by atoms with Crippen molar-refractivity contribution in [3.63, 3.8) is 0 Å². The second-order valence-corrected chi connectivity index (χ2v) is 3.31. The highest BCUT2D eigenvalue weighted by atomic mass is 35.5. The summed E-state index contributed by atoms with van der Waals surface area (Å²) < 4.78 is 0. The van der Waals surface area contributed by atoms with Crippen LogP contribution in [0.4, 0.5) is 0 Å². The maximum Gasteiger partial charge on any atom is 0.147 e. The number of nitriles is 1. The van der Waals surface area contributed by atoms with Gasteiger partial charge in [0.05, 0.1) is 5.56 Å². The molecular formula is C9H7ClN2. The van der Waals surface area contributed by atoms with Crippen molar-refractivity contribution in [1.82, 2.24) is 4.98 Å². The average Bonchev–Trinajstić information content (AvgIpc) is 2.86. The molecule has 60 valence electrons. The Hall–Kier alpha value is -1.07. The lowest BCUT2D eigenvalue weighted by atomic mass is 10.1. The number of nitrogens with zero attached hydrogens (tertiary/aromatic N) is 2. The first-order valence-electron chi connectivity index (χ1n) is 3.87. The molecule has 0 atom stereocenters. The van der Waals surface area contributed by atoms with Gasteiger partial charge in [-0.3, -0.25) is 0 Å². The third-order valence-corrected chi connectivity index (χ3v) is 2.35. The molecule has 1 fully saturated rings. The van der Waals surface area contributed by atoms with Crippen molar-refractivity contribution >= 4 is 11.6 Å². The van der Waals surface area contributed by atoms with Gasteiger partial charge in [0.25, 0.3) is 0 Å². The van der Waals surface area contributed by atoms with E-state index in [1.165, 1.54) is 12.8 Å². The van der Waals surface area contributed by atoms with Crippen LogP contribution in [0.15, 0.2) is 12.3 Å². The molecular weight excluding hydrogens is 172 g/mol. The van der Waals surface area contributed by atoms with E-state index in [0.29, 0.717) is 16.6 Å². The monoisotopic (exact) mass is 178 g/mol. The lowest BCUT2D eigenvalue weighted by Crippen LogP contribution is -1.90. The summed E-state index contributed by atoms with van der Waals surface area (Å²) in [5, 5.41) is 9.14. The predicted molar refractivity (Wildman–Crippen MR) is 45.9 cm³/mol. The van der Waals surface area contributed by atoms with Gasteiger partial charge < -0.3 is 0 Å². The van der Waals surface area contributed by atoms with E-state index in [-0.39, 0.29) is 0 Å². The molecule has 0 bridgehead atoms. The summed E-state index contributed by atoms with van der Waals surface area (Å²) in [4.78, 5) is 3.86. The van der Waals surface area contributed by atoms with Crippen molar-refractivity contribution in [2.75, 3.05) is 0 Å². The molecule has 0 saturated heterocycles. The topological polar surface area (TPSA) is 36.7 Å². The van der Waals surface area contributed by atoms with Crippen LogP contribution in [0.5, 0.6) is 0 Å². The molecule has 1 heterocycles. The van der Waals surface area contributed by atoms with Crippen LogP contribution in [0, 0.1) is 11.3 Å². The molecule has 1 aliphatic rings. The maximum atomic E-state index is 8.80. The molecule has 1 aromatic rings. The van der Waals surface area contributed by atoms with Gasteiger partial charge in [-0.05, 0) is 30.4 Å². The molecule has 0 radical (unpaired) electrons. The molecule has 0 aliphatic heterocycles. The van der Waals surface area contributed by atoms with Crippen LogP contribution in [0.2, 0.25) is 5.15 Å². The Kier molecular flexibility index (Phi) is 1.74. The highest BCUT2D eigenvalue weighted by molar-refractivity contribution is 6.30. The first-order chi connectivity index (χ1) is 5.83. The quantitative estimate of drug-likeness (QED) is 0.620. The standard InChI is InChI=1S/C9H7ClN2/c10-9-8(5-11)7(3-4-12-9)6-1-2-6/h3-4,6H,1-2H2. The lowest BCUT2D eigenvalue weighted by molar-refractivity contribution is 1.09. The van der Waals surface area contributed by atoms with Gasteiger partial charge in [0.1, 0.15) is 11.2 Å². The fourth-order valence-corrected chi connectivity index (χ4v) is 1.50. The summed E-state index contributed by atoms with van der Waals surface area (Å²) >= 11 is 5.77. The molecule has 0 amide bonds. The van der Waals surface area contributed by atoms with E-state index in [0.717, 1.165) is 5.56 Å². The van der Waals surface area contributed by atoms with Crippen molar-refractivity contribution in [1.29, 1.82) is 5.26 Å². The van der Waals surface area contributed by atoms with Crippen LogP contribution in [0.3, 0.4) is 0 Å². The van der Waals surface area contributed by atoms with E-state index in [4.69, 9.17) is 16.9 Å². The van der Waals surface area contributed by atoms with Crippen molar-refractivity contribution in [2.24, 2.45) is 0 Å². The summed E-state index contributed by atoms with van der Waals surface area (Å²) in [7, 11) is 0. The van der Waals surface area contributed by atoms with Crippen LogP contribution in [0.1, 0.15) is 29.9 Å². The fraction of sp³-hybridized carbons (Fsp3) is 0.333. The molecule has 1 aliphatic carbocycles. The minimum atomic E-state index is 0.335. The molecule has 1 saturated carbocycles. The van der Waals surface area contributed by atoms with E-state index in [1.54, 1.807) is 6.20 Å². The first kappa shape index (κ1) is 7.57. The van der Waals surface area contributed by atoms with Crippen LogP contribution in [-0.4, -0.2) is 4.98 Å². The van der Waals surface area contributed by atoms with Gasteiger partial charge in [-0.2, -0.15) is 5.26 Å². The third-order valence-electron chi connectivity index (χ3n) is 2.07. The van der Waals surface area contributed by atoms with Gasteiger partial charge in [-0.25, -0.2) is 4.98 Å². The molecule has 0 aromatic carbocycles. The number of rotatable bonds is 1. The summed E-state index contributed by atoms with van der Waals surface area (Å²) in [6.45, 7) is 0. The molecule has 12 heavy (non-hydrogen) atoms. The molecule has 0 N–H and O–H groups in total. The van der Waals surface area contributed by atoms with Crippen molar-refractivity contribution in [2.45, 2.75) is 18.8 Å². The van der Waals surface area contributed by atoms with Crippen LogP contribution >= 0.6 is 11.6 Å². The van der Waals surface area contributed by atoms with Gasteiger partial charge in [0, 0.05) is 6.20 Å². The number of halogens is 1. The Morgan fingerprint density at radius 3 is 2.92 bits per heavy atom. The normalized spacial score (nSPS) is 15.7. The fourth-order valence-electron chi connectivity index (χ4n) is 1.30. The second-order valence-electron chi connectivity index (χ2n) is 2.95. The van der Waals surface area contributed by atoms with Crippen LogP contribution in [-0.2, 0) is 0 Å². The summed E-state index contributed by atoms with van der Waals surface area (Å²) in [5.41, 5.74) is 1.62. The Bertz CT molecular complexity index is 350. The van der Waals surface area contributed by atoms with Gasteiger partial charge in [-0.1, -0.05) is 11.6 Å².